The molecule has 0 spiro atoms. The maximum Gasteiger partial charge on any atom is 0.333 e. The van der Waals surface area contributed by atoms with Crippen molar-refractivity contribution < 1.29 is 18.8 Å². The van der Waals surface area contributed by atoms with Crippen LogP contribution in [0.1, 0.15) is 54.9 Å². The third-order valence-corrected chi connectivity index (χ3v) is 9.67. The smallest absolute Gasteiger partial charge is 0.333 e. The summed E-state index contributed by atoms with van der Waals surface area (Å²) < 4.78 is 11.2. The predicted molar refractivity (Wildman–Crippen MR) is 106 cm³/mol. The monoisotopic (exact) mass is 368 g/mol. The van der Waals surface area contributed by atoms with Gasteiger partial charge in [0.1, 0.15) is 5.78 Å². The zero-order chi connectivity index (χ0) is 20.0. The van der Waals surface area contributed by atoms with Crippen LogP contribution in [0, 0.1) is 5.92 Å². The highest BCUT2D eigenvalue weighted by Crippen LogP contribution is 2.39. The van der Waals surface area contributed by atoms with Gasteiger partial charge in [0.2, 0.25) is 0 Å². The molecule has 0 amide bonds. The molecule has 0 aliphatic rings. The molecule has 4 nitrogen and oxygen atoms in total. The Morgan fingerprint density at radius 3 is 2.08 bits per heavy atom. The lowest BCUT2D eigenvalue weighted by Crippen LogP contribution is -2.46. The van der Waals surface area contributed by atoms with E-state index in [1.165, 1.54) is 7.11 Å². The molecule has 0 aromatic carbocycles. The molecule has 0 aromatic heterocycles. The molecule has 0 saturated heterocycles. The Morgan fingerprint density at radius 1 is 1.16 bits per heavy atom. The number of hydrogen-bond acceptors (Lipinski definition) is 4. The summed E-state index contributed by atoms with van der Waals surface area (Å²) in [6, 6.07) is 0. The highest BCUT2D eigenvalue weighted by Gasteiger charge is 2.41. The highest BCUT2D eigenvalue weighted by molar-refractivity contribution is 6.74. The van der Waals surface area contributed by atoms with Gasteiger partial charge in [-0.15, -0.1) is 0 Å². The van der Waals surface area contributed by atoms with Crippen molar-refractivity contribution in [3.63, 3.8) is 0 Å². The van der Waals surface area contributed by atoms with Gasteiger partial charge in [0.25, 0.3) is 0 Å². The Hall–Kier alpha value is -1.20. The minimum atomic E-state index is -2.01. The number of carbonyl (C=O) groups excluding carboxylic acids is 2. The number of allylic oxidation sites excluding steroid dienone is 2. The Morgan fingerprint density at radius 2 is 1.68 bits per heavy atom. The predicted octanol–water partition coefficient (Wildman–Crippen LogP) is 5.06. The van der Waals surface area contributed by atoms with E-state index in [4.69, 9.17) is 4.43 Å². The van der Waals surface area contributed by atoms with E-state index in [9.17, 15) is 9.59 Å². The molecule has 0 saturated carbocycles. The van der Waals surface area contributed by atoms with Crippen LogP contribution in [0.2, 0.25) is 18.1 Å². The SMILES string of the molecule is C/C=C(\C)[C@@H](O[Si](C)(C)C(C)(C)C)[C@H](C)C(=O)C/C=C(\C)C(=O)OC. The fraction of sp³-hybridized carbons (Fsp3) is 0.700. The lowest BCUT2D eigenvalue weighted by Gasteiger charge is -2.41. The molecule has 0 aliphatic heterocycles. The Kier molecular flexibility index (Phi) is 9.03. The van der Waals surface area contributed by atoms with Crippen molar-refractivity contribution in [2.75, 3.05) is 7.11 Å². The van der Waals surface area contributed by atoms with Gasteiger partial charge in [-0.2, -0.15) is 0 Å². The van der Waals surface area contributed by atoms with Gasteiger partial charge in [-0.05, 0) is 44.5 Å². The minimum Gasteiger partial charge on any atom is -0.466 e. The van der Waals surface area contributed by atoms with Crippen LogP contribution in [0.15, 0.2) is 23.3 Å². The van der Waals surface area contributed by atoms with E-state index < -0.39 is 14.3 Å². The van der Waals surface area contributed by atoms with Crippen molar-refractivity contribution in [1.29, 1.82) is 0 Å². The zero-order valence-electron chi connectivity index (χ0n) is 17.6. The van der Waals surface area contributed by atoms with Gasteiger partial charge in [0, 0.05) is 17.9 Å². The summed E-state index contributed by atoms with van der Waals surface area (Å²) in [6.45, 7) is 18.5. The van der Waals surface area contributed by atoms with Crippen molar-refractivity contribution in [3.8, 4) is 0 Å². The number of rotatable bonds is 8. The van der Waals surface area contributed by atoms with Crippen LogP contribution in [0.25, 0.3) is 0 Å². The van der Waals surface area contributed by atoms with Crippen molar-refractivity contribution in [3.05, 3.63) is 23.3 Å². The number of ketones is 1. The molecule has 144 valence electrons. The summed E-state index contributed by atoms with van der Waals surface area (Å²) in [5, 5.41) is 0.0728. The molecule has 0 bridgehead atoms. The Bertz CT molecular complexity index is 538. The van der Waals surface area contributed by atoms with Gasteiger partial charge >= 0.3 is 5.97 Å². The third-order valence-electron chi connectivity index (χ3n) is 5.21. The number of hydrogen-bond donors (Lipinski definition) is 0. The molecular formula is C20H36O4Si. The van der Waals surface area contributed by atoms with Crippen molar-refractivity contribution in [2.24, 2.45) is 5.92 Å². The van der Waals surface area contributed by atoms with Crippen molar-refractivity contribution in [2.45, 2.75) is 79.1 Å². The second-order valence-electron chi connectivity index (χ2n) is 8.17. The van der Waals surface area contributed by atoms with Crippen LogP contribution >= 0.6 is 0 Å². The third kappa shape index (κ3) is 6.90. The molecule has 0 unspecified atom stereocenters. The second kappa shape index (κ2) is 9.48. The van der Waals surface area contributed by atoms with E-state index in [0.717, 1.165) is 5.57 Å². The first-order chi connectivity index (χ1) is 11.3. The molecule has 0 radical (unpaired) electrons. The zero-order valence-corrected chi connectivity index (χ0v) is 18.6. The highest BCUT2D eigenvalue weighted by atomic mass is 28.4. The van der Waals surface area contributed by atoms with E-state index >= 15 is 0 Å². The minimum absolute atomic E-state index is 0.0631. The molecule has 0 fully saturated rings. The lowest BCUT2D eigenvalue weighted by atomic mass is 9.92. The van der Waals surface area contributed by atoms with Crippen LogP contribution in [0.4, 0.5) is 0 Å². The van der Waals surface area contributed by atoms with E-state index in [1.54, 1.807) is 13.0 Å². The molecule has 0 aliphatic carbocycles. The number of methoxy groups -OCH3 is 1. The van der Waals surface area contributed by atoms with Gasteiger partial charge < -0.3 is 9.16 Å². The summed E-state index contributed by atoms with van der Waals surface area (Å²) >= 11 is 0. The molecular weight excluding hydrogens is 332 g/mol. The normalized spacial score (nSPS) is 16.4. The second-order valence-corrected chi connectivity index (χ2v) is 12.9. The first-order valence-electron chi connectivity index (χ1n) is 8.86. The van der Waals surface area contributed by atoms with Gasteiger partial charge in [-0.1, -0.05) is 39.8 Å². The van der Waals surface area contributed by atoms with E-state index in [2.05, 4.69) is 38.6 Å². The van der Waals surface area contributed by atoms with Crippen LogP contribution < -0.4 is 0 Å². The van der Waals surface area contributed by atoms with Crippen LogP contribution in [-0.2, 0) is 18.8 Å². The number of esters is 1. The molecule has 2 atom stereocenters. The summed E-state index contributed by atoms with van der Waals surface area (Å²) in [5.41, 5.74) is 1.52. The summed E-state index contributed by atoms with van der Waals surface area (Å²) in [7, 11) is -0.671. The summed E-state index contributed by atoms with van der Waals surface area (Å²) in [6.07, 6.45) is 3.62. The maximum atomic E-state index is 12.7. The first-order valence-corrected chi connectivity index (χ1v) is 11.8. The van der Waals surface area contributed by atoms with Gasteiger partial charge in [0.15, 0.2) is 8.32 Å². The largest absolute Gasteiger partial charge is 0.466 e. The van der Waals surface area contributed by atoms with Crippen LogP contribution in [0.3, 0.4) is 0 Å². The number of Topliss-reactive ketones (excluding diaryl/α,β-unsaturated/α-hetero) is 1. The van der Waals surface area contributed by atoms with Crippen molar-refractivity contribution >= 4 is 20.1 Å². The molecule has 0 rings (SSSR count). The molecule has 0 heterocycles. The maximum absolute atomic E-state index is 12.7. The van der Waals surface area contributed by atoms with E-state index in [0.29, 0.717) is 5.57 Å². The van der Waals surface area contributed by atoms with E-state index in [1.807, 2.05) is 26.8 Å². The molecule has 0 aromatic rings. The average Bonchev–Trinajstić information content (AvgIpc) is 2.53. The average molecular weight is 369 g/mol. The Balaban J connectivity index is 5.36. The fourth-order valence-electron chi connectivity index (χ4n) is 2.10. The summed E-state index contributed by atoms with van der Waals surface area (Å²) in [4.78, 5) is 24.1. The van der Waals surface area contributed by atoms with E-state index in [-0.39, 0.29) is 29.3 Å². The molecule has 5 heteroatoms. The number of carbonyl (C=O) groups is 2. The number of ether oxygens (including phenoxy) is 1. The quantitative estimate of drug-likeness (QED) is 0.260. The van der Waals surface area contributed by atoms with Crippen molar-refractivity contribution in [1.82, 2.24) is 0 Å². The lowest BCUT2D eigenvalue weighted by molar-refractivity contribution is -0.136. The molecule has 25 heavy (non-hydrogen) atoms. The van der Waals surface area contributed by atoms with Gasteiger partial charge in [-0.3, -0.25) is 4.79 Å². The molecule has 0 N–H and O–H groups in total. The van der Waals surface area contributed by atoms with Crippen LogP contribution in [0.5, 0.6) is 0 Å². The topological polar surface area (TPSA) is 52.6 Å². The fourth-order valence-corrected chi connectivity index (χ4v) is 3.48. The summed E-state index contributed by atoms with van der Waals surface area (Å²) in [5.74, 6) is -0.612. The standard InChI is InChI=1S/C20H36O4Si/c1-11-14(2)18(24-25(9,10)20(5,6)7)16(4)17(21)13-12-15(3)19(22)23-8/h11-12,16,18H,13H2,1-10H3/b14-11+,15-12+/t16-,18-/m1/s1. The van der Waals surface area contributed by atoms with Gasteiger partial charge in [-0.25, -0.2) is 4.79 Å². The van der Waals surface area contributed by atoms with Crippen LogP contribution in [-0.4, -0.2) is 33.3 Å². The first kappa shape index (κ1) is 23.8. The Labute approximate surface area is 154 Å². The van der Waals surface area contributed by atoms with Gasteiger partial charge in [0.05, 0.1) is 13.2 Å².